The van der Waals surface area contributed by atoms with Crippen LogP contribution in [0.4, 0.5) is 0 Å². The zero-order chi connectivity index (χ0) is 13.4. The van der Waals surface area contributed by atoms with E-state index in [9.17, 15) is 0 Å². The van der Waals surface area contributed by atoms with Crippen LogP contribution >= 0.6 is 11.3 Å². The Morgan fingerprint density at radius 3 is 2.67 bits per heavy atom. The Hall–Kier alpha value is -0.450. The molecule has 0 radical (unpaired) electrons. The summed E-state index contributed by atoms with van der Waals surface area (Å²) < 4.78 is 6.08. The Balaban J connectivity index is 1.83. The molecule has 1 unspecified atom stereocenters. The molecule has 1 aliphatic heterocycles. The number of nitrogens with zero attached hydrogens (tertiary/aromatic N) is 1. The van der Waals surface area contributed by atoms with Gasteiger partial charge in [0.05, 0.1) is 16.2 Å². The number of hydrogen-bond acceptors (Lipinski definition) is 4. The van der Waals surface area contributed by atoms with Crippen LogP contribution in [0, 0.1) is 6.92 Å². The fourth-order valence-corrected chi connectivity index (χ4v) is 3.53. The monoisotopic (exact) mass is 268 g/mol. The molecule has 4 heteroatoms. The van der Waals surface area contributed by atoms with Gasteiger partial charge in [-0.1, -0.05) is 0 Å². The summed E-state index contributed by atoms with van der Waals surface area (Å²) in [4.78, 5) is 4.49. The first-order valence-corrected chi connectivity index (χ1v) is 7.51. The number of nitrogens with one attached hydrogen (secondary N) is 1. The lowest BCUT2D eigenvalue weighted by molar-refractivity contribution is -0.0697. The van der Waals surface area contributed by atoms with Crippen molar-refractivity contribution >= 4 is 11.3 Å². The van der Waals surface area contributed by atoms with Gasteiger partial charge in [-0.3, -0.25) is 0 Å². The zero-order valence-corrected chi connectivity index (χ0v) is 12.9. The largest absolute Gasteiger partial charge is 0.368 e. The second kappa shape index (κ2) is 4.91. The molecule has 1 aliphatic rings. The lowest BCUT2D eigenvalue weighted by Crippen LogP contribution is -2.44. The predicted molar refractivity (Wildman–Crippen MR) is 76.2 cm³/mol. The maximum Gasteiger partial charge on any atom is 0.0940 e. The molecule has 1 saturated heterocycles. The molecule has 0 amide bonds. The van der Waals surface area contributed by atoms with Gasteiger partial charge in [-0.05, 0) is 41.0 Å². The van der Waals surface area contributed by atoms with Gasteiger partial charge < -0.3 is 10.1 Å². The van der Waals surface area contributed by atoms with E-state index in [1.165, 1.54) is 5.01 Å². The number of rotatable bonds is 4. The van der Waals surface area contributed by atoms with E-state index in [1.807, 2.05) is 6.92 Å². The average molecular weight is 268 g/mol. The highest BCUT2D eigenvalue weighted by atomic mass is 32.1. The number of aryl methyl sites for hydroxylation is 1. The average Bonchev–Trinajstić information content (AvgIpc) is 2.68. The standard InChI is InChI=1S/C14H24N2OS/c1-10-9-18-12(16-10)6-7-15-11-8-13(2,3)17-14(11,4)5/h9,11,15H,6-8H2,1-5H3. The molecule has 3 nitrogen and oxygen atoms in total. The fourth-order valence-electron chi connectivity index (χ4n) is 2.75. The summed E-state index contributed by atoms with van der Waals surface area (Å²) in [6.07, 6.45) is 2.07. The number of hydrogen-bond donors (Lipinski definition) is 1. The van der Waals surface area contributed by atoms with Gasteiger partial charge in [0.15, 0.2) is 0 Å². The second-order valence-corrected chi connectivity index (χ2v) is 7.25. The number of thiazole rings is 1. The molecule has 1 atom stereocenters. The third kappa shape index (κ3) is 3.31. The summed E-state index contributed by atoms with van der Waals surface area (Å²) >= 11 is 1.75. The minimum Gasteiger partial charge on any atom is -0.368 e. The molecule has 18 heavy (non-hydrogen) atoms. The van der Waals surface area contributed by atoms with Crippen LogP contribution in [0.3, 0.4) is 0 Å². The van der Waals surface area contributed by atoms with Gasteiger partial charge in [-0.15, -0.1) is 11.3 Å². The van der Waals surface area contributed by atoms with Crippen molar-refractivity contribution in [1.29, 1.82) is 0 Å². The van der Waals surface area contributed by atoms with Crippen molar-refractivity contribution in [2.24, 2.45) is 0 Å². The van der Waals surface area contributed by atoms with Crippen LogP contribution in [0.25, 0.3) is 0 Å². The first-order valence-electron chi connectivity index (χ1n) is 6.63. The maximum atomic E-state index is 6.08. The van der Waals surface area contributed by atoms with Crippen LogP contribution in [-0.4, -0.2) is 28.8 Å². The van der Waals surface area contributed by atoms with Gasteiger partial charge >= 0.3 is 0 Å². The van der Waals surface area contributed by atoms with E-state index < -0.39 is 0 Å². The first-order chi connectivity index (χ1) is 8.28. The highest BCUT2D eigenvalue weighted by Crippen LogP contribution is 2.37. The molecule has 2 heterocycles. The molecule has 0 aliphatic carbocycles. The topological polar surface area (TPSA) is 34.1 Å². The van der Waals surface area contributed by atoms with E-state index in [0.29, 0.717) is 6.04 Å². The van der Waals surface area contributed by atoms with E-state index in [4.69, 9.17) is 4.74 Å². The van der Waals surface area contributed by atoms with Crippen molar-refractivity contribution < 1.29 is 4.74 Å². The summed E-state index contributed by atoms with van der Waals surface area (Å²) in [5, 5.41) is 6.96. The smallest absolute Gasteiger partial charge is 0.0940 e. The molecule has 102 valence electrons. The highest BCUT2D eigenvalue weighted by Gasteiger charge is 2.45. The van der Waals surface area contributed by atoms with Crippen LogP contribution in [-0.2, 0) is 11.2 Å². The Morgan fingerprint density at radius 1 is 1.44 bits per heavy atom. The molecule has 1 aromatic heterocycles. The summed E-state index contributed by atoms with van der Waals surface area (Å²) in [6.45, 7) is 11.7. The quantitative estimate of drug-likeness (QED) is 0.911. The van der Waals surface area contributed by atoms with Crippen LogP contribution in [0.1, 0.15) is 44.8 Å². The molecular weight excluding hydrogens is 244 g/mol. The Kier molecular flexibility index (Phi) is 3.81. The summed E-state index contributed by atoms with van der Waals surface area (Å²) in [5.74, 6) is 0. The molecule has 1 aromatic rings. The van der Waals surface area contributed by atoms with Crippen LogP contribution < -0.4 is 5.32 Å². The van der Waals surface area contributed by atoms with Crippen molar-refractivity contribution in [2.45, 2.75) is 64.7 Å². The molecule has 0 saturated carbocycles. The van der Waals surface area contributed by atoms with E-state index in [-0.39, 0.29) is 11.2 Å². The van der Waals surface area contributed by atoms with Crippen molar-refractivity contribution in [3.05, 3.63) is 16.1 Å². The molecule has 2 rings (SSSR count). The molecule has 0 bridgehead atoms. The molecule has 1 N–H and O–H groups in total. The van der Waals surface area contributed by atoms with Crippen molar-refractivity contribution in [1.82, 2.24) is 10.3 Å². The molecule has 0 spiro atoms. The number of ether oxygens (including phenoxy) is 1. The minimum atomic E-state index is -0.0811. The van der Waals surface area contributed by atoms with E-state index >= 15 is 0 Å². The van der Waals surface area contributed by atoms with Crippen molar-refractivity contribution in [3.63, 3.8) is 0 Å². The van der Waals surface area contributed by atoms with E-state index in [2.05, 4.69) is 43.4 Å². The highest BCUT2D eigenvalue weighted by molar-refractivity contribution is 7.09. The van der Waals surface area contributed by atoms with Gasteiger partial charge in [0.1, 0.15) is 0 Å². The van der Waals surface area contributed by atoms with Gasteiger partial charge in [0, 0.05) is 30.1 Å². The Labute approximate surface area is 114 Å². The molecule has 0 aromatic carbocycles. The zero-order valence-electron chi connectivity index (χ0n) is 12.0. The summed E-state index contributed by atoms with van der Waals surface area (Å²) in [5.41, 5.74) is 1.03. The second-order valence-electron chi connectivity index (χ2n) is 6.31. The van der Waals surface area contributed by atoms with Crippen molar-refractivity contribution in [2.75, 3.05) is 6.54 Å². The number of aromatic nitrogens is 1. The van der Waals surface area contributed by atoms with Crippen LogP contribution in [0.5, 0.6) is 0 Å². The van der Waals surface area contributed by atoms with E-state index in [0.717, 1.165) is 25.1 Å². The Morgan fingerprint density at radius 2 is 2.17 bits per heavy atom. The third-order valence-corrected chi connectivity index (χ3v) is 4.50. The Bertz CT molecular complexity index is 412. The van der Waals surface area contributed by atoms with Gasteiger partial charge in [-0.25, -0.2) is 4.98 Å². The van der Waals surface area contributed by atoms with Crippen LogP contribution in [0.15, 0.2) is 5.38 Å². The minimum absolute atomic E-state index is 0.0149. The summed E-state index contributed by atoms with van der Waals surface area (Å²) in [7, 11) is 0. The van der Waals surface area contributed by atoms with Gasteiger partial charge in [0.2, 0.25) is 0 Å². The third-order valence-electron chi connectivity index (χ3n) is 3.47. The predicted octanol–water partition coefficient (Wildman–Crippen LogP) is 2.93. The lowest BCUT2D eigenvalue weighted by Gasteiger charge is -2.27. The fraction of sp³-hybridized carbons (Fsp3) is 0.786. The lowest BCUT2D eigenvalue weighted by atomic mass is 9.94. The van der Waals surface area contributed by atoms with Crippen LogP contribution in [0.2, 0.25) is 0 Å². The molecule has 1 fully saturated rings. The first kappa shape index (κ1) is 14.0. The SMILES string of the molecule is Cc1csc(CCNC2CC(C)(C)OC2(C)C)n1. The van der Waals surface area contributed by atoms with Gasteiger partial charge in [-0.2, -0.15) is 0 Å². The summed E-state index contributed by atoms with van der Waals surface area (Å²) in [6, 6.07) is 0.425. The van der Waals surface area contributed by atoms with E-state index in [1.54, 1.807) is 11.3 Å². The maximum absolute atomic E-state index is 6.08. The van der Waals surface area contributed by atoms with Crippen molar-refractivity contribution in [3.8, 4) is 0 Å². The van der Waals surface area contributed by atoms with Gasteiger partial charge in [0.25, 0.3) is 0 Å². The molecular formula is C14H24N2OS. The normalized spacial score (nSPS) is 25.5.